The van der Waals surface area contributed by atoms with Crippen molar-refractivity contribution in [1.29, 1.82) is 0 Å². The van der Waals surface area contributed by atoms with Gasteiger partial charge in [0.25, 0.3) is 0 Å². The Hall–Kier alpha value is -1.30. The summed E-state index contributed by atoms with van der Waals surface area (Å²) in [7, 11) is -0.314. The third-order valence-electron chi connectivity index (χ3n) is 2.16. The van der Waals surface area contributed by atoms with Gasteiger partial charge >= 0.3 is 0 Å². The maximum atomic E-state index is 11.8. The van der Waals surface area contributed by atoms with Crippen LogP contribution in [0.2, 0.25) is 0 Å². The van der Waals surface area contributed by atoms with E-state index in [2.05, 4.69) is 4.98 Å². The lowest BCUT2D eigenvalue weighted by molar-refractivity contribution is 0.399. The maximum Gasteiger partial charge on any atom is 0.238 e. The molecule has 16 heavy (non-hydrogen) atoms. The average molecular weight is 244 g/mol. The highest BCUT2D eigenvalue weighted by molar-refractivity contribution is 7.92. The molecule has 0 aliphatic heterocycles. The smallest absolute Gasteiger partial charge is 0.238 e. The van der Waals surface area contributed by atoms with Gasteiger partial charge in [-0.05, 0) is 18.6 Å². The molecule has 0 N–H and O–H groups in total. The summed E-state index contributed by atoms with van der Waals surface area (Å²) in [5, 5.41) is 0. The van der Waals surface area contributed by atoms with E-state index in [0.29, 0.717) is 18.0 Å². The Kier molecular flexibility index (Phi) is 4.12. The second-order valence-electron chi connectivity index (χ2n) is 3.32. The van der Waals surface area contributed by atoms with Gasteiger partial charge in [0.1, 0.15) is 5.69 Å². The number of ether oxygens (including phenoxy) is 1. The maximum absolute atomic E-state index is 11.8. The van der Waals surface area contributed by atoms with Crippen LogP contribution in [0.1, 0.15) is 13.3 Å². The lowest BCUT2D eigenvalue weighted by atomic mass is 10.4. The fourth-order valence-electron chi connectivity index (χ4n) is 1.32. The Morgan fingerprint density at radius 2 is 2.19 bits per heavy atom. The van der Waals surface area contributed by atoms with Gasteiger partial charge in [-0.15, -0.1) is 0 Å². The third kappa shape index (κ3) is 2.63. The molecular weight excluding hydrogens is 228 g/mol. The summed E-state index contributed by atoms with van der Waals surface area (Å²) >= 11 is 0. The van der Waals surface area contributed by atoms with Gasteiger partial charge in [0, 0.05) is 13.2 Å². The van der Waals surface area contributed by atoms with Crippen LogP contribution in [0.4, 0.5) is 5.69 Å². The van der Waals surface area contributed by atoms with Crippen LogP contribution in [0, 0.1) is 0 Å². The van der Waals surface area contributed by atoms with Gasteiger partial charge in [0.2, 0.25) is 15.9 Å². The highest BCUT2D eigenvalue weighted by atomic mass is 32.2. The summed E-state index contributed by atoms with van der Waals surface area (Å²) in [5.41, 5.74) is 0.457. The predicted molar refractivity (Wildman–Crippen MR) is 63.3 cm³/mol. The summed E-state index contributed by atoms with van der Waals surface area (Å²) < 4.78 is 29.9. The first-order valence-corrected chi connectivity index (χ1v) is 6.59. The fraction of sp³-hybridized carbons (Fsp3) is 0.500. The second kappa shape index (κ2) is 5.16. The van der Waals surface area contributed by atoms with Crippen molar-refractivity contribution in [2.24, 2.45) is 0 Å². The van der Waals surface area contributed by atoms with Crippen LogP contribution in [0.5, 0.6) is 5.88 Å². The quantitative estimate of drug-likeness (QED) is 0.782. The number of rotatable bonds is 5. The normalized spacial score (nSPS) is 11.2. The fourth-order valence-corrected chi connectivity index (χ4v) is 2.55. The molecule has 0 bridgehead atoms. The first-order valence-electron chi connectivity index (χ1n) is 4.98. The lowest BCUT2D eigenvalue weighted by Crippen LogP contribution is -2.29. The molecule has 0 aromatic carbocycles. The van der Waals surface area contributed by atoms with E-state index in [0.717, 1.165) is 0 Å². The van der Waals surface area contributed by atoms with E-state index in [1.54, 1.807) is 18.3 Å². The van der Waals surface area contributed by atoms with Crippen LogP contribution in [0.3, 0.4) is 0 Å². The van der Waals surface area contributed by atoms with Gasteiger partial charge in [-0.1, -0.05) is 6.92 Å². The van der Waals surface area contributed by atoms with E-state index >= 15 is 0 Å². The summed E-state index contributed by atoms with van der Waals surface area (Å²) in [6, 6.07) is 3.34. The molecule has 1 aromatic heterocycles. The predicted octanol–water partition coefficient (Wildman–Crippen LogP) is 1.27. The molecule has 0 unspecified atom stereocenters. The van der Waals surface area contributed by atoms with Crippen molar-refractivity contribution in [2.75, 3.05) is 24.2 Å². The summed E-state index contributed by atoms with van der Waals surface area (Å²) in [6.07, 6.45) is 2.14. The molecule has 1 heterocycles. The molecule has 1 aromatic rings. The van der Waals surface area contributed by atoms with Crippen molar-refractivity contribution in [3.63, 3.8) is 0 Å². The highest BCUT2D eigenvalue weighted by Gasteiger charge is 2.20. The van der Waals surface area contributed by atoms with E-state index in [4.69, 9.17) is 4.74 Å². The summed E-state index contributed by atoms with van der Waals surface area (Å²) in [4.78, 5) is 3.96. The zero-order valence-corrected chi connectivity index (χ0v) is 10.5. The molecule has 0 saturated heterocycles. The molecule has 0 atom stereocenters. The lowest BCUT2D eigenvalue weighted by Gasteiger charge is -2.20. The first-order chi connectivity index (χ1) is 7.53. The molecular formula is C10H16N2O3S. The Morgan fingerprint density at radius 3 is 2.75 bits per heavy atom. The highest BCUT2D eigenvalue weighted by Crippen LogP contribution is 2.26. The average Bonchev–Trinajstić information content (AvgIpc) is 2.28. The van der Waals surface area contributed by atoms with Crippen LogP contribution >= 0.6 is 0 Å². The number of sulfonamides is 1. The largest absolute Gasteiger partial charge is 0.479 e. The van der Waals surface area contributed by atoms with Crippen LogP contribution in [-0.2, 0) is 10.0 Å². The molecule has 90 valence electrons. The van der Waals surface area contributed by atoms with E-state index in [-0.39, 0.29) is 5.75 Å². The minimum Gasteiger partial charge on any atom is -0.479 e. The van der Waals surface area contributed by atoms with Crippen molar-refractivity contribution < 1.29 is 13.2 Å². The molecule has 0 spiro atoms. The number of nitrogens with zero attached hydrogens (tertiary/aromatic N) is 2. The zero-order chi connectivity index (χ0) is 12.2. The first kappa shape index (κ1) is 12.8. The SMILES string of the molecule is CCCS(=O)(=O)N(C)c1cccnc1OC. The molecule has 0 aliphatic carbocycles. The topological polar surface area (TPSA) is 59.5 Å². The Balaban J connectivity index is 3.09. The number of pyridine rings is 1. The van der Waals surface area contributed by atoms with Gasteiger partial charge in [-0.2, -0.15) is 0 Å². The Bertz CT molecular complexity index is 445. The standard InChI is InChI=1S/C10H16N2O3S/c1-4-8-16(13,14)12(2)9-6-5-7-11-10(9)15-3/h5-7H,4,8H2,1-3H3. The number of methoxy groups -OCH3 is 1. The van der Waals surface area contributed by atoms with Crippen LogP contribution in [0.15, 0.2) is 18.3 Å². The summed E-state index contributed by atoms with van der Waals surface area (Å²) in [6.45, 7) is 1.83. The molecule has 0 aliphatic rings. The van der Waals surface area contributed by atoms with Gasteiger partial charge in [0.15, 0.2) is 0 Å². The monoisotopic (exact) mass is 244 g/mol. The zero-order valence-electron chi connectivity index (χ0n) is 9.67. The van der Waals surface area contributed by atoms with E-state index < -0.39 is 10.0 Å². The van der Waals surface area contributed by atoms with Gasteiger partial charge in [0.05, 0.1) is 12.9 Å². The number of hydrogen-bond acceptors (Lipinski definition) is 4. The minimum absolute atomic E-state index is 0.113. The second-order valence-corrected chi connectivity index (χ2v) is 5.44. The molecule has 0 amide bonds. The molecule has 0 saturated carbocycles. The van der Waals surface area contributed by atoms with Crippen LogP contribution < -0.4 is 9.04 Å². The van der Waals surface area contributed by atoms with E-state index in [1.165, 1.54) is 18.5 Å². The third-order valence-corrected chi connectivity index (χ3v) is 4.12. The van der Waals surface area contributed by atoms with Crippen LogP contribution in [0.25, 0.3) is 0 Å². The van der Waals surface area contributed by atoms with Crippen molar-refractivity contribution >= 4 is 15.7 Å². The molecule has 0 radical (unpaired) electrons. The summed E-state index contributed by atoms with van der Waals surface area (Å²) in [5.74, 6) is 0.423. The Morgan fingerprint density at radius 1 is 1.50 bits per heavy atom. The van der Waals surface area contributed by atoms with Gasteiger partial charge in [-0.3, -0.25) is 4.31 Å². The van der Waals surface area contributed by atoms with E-state index in [1.807, 2.05) is 6.92 Å². The number of hydrogen-bond donors (Lipinski definition) is 0. The van der Waals surface area contributed by atoms with Crippen LogP contribution in [-0.4, -0.2) is 33.3 Å². The Labute approximate surface area is 96.1 Å². The van der Waals surface area contributed by atoms with Gasteiger partial charge in [-0.25, -0.2) is 13.4 Å². The molecule has 1 rings (SSSR count). The van der Waals surface area contributed by atoms with Crippen molar-refractivity contribution in [3.8, 4) is 5.88 Å². The number of aromatic nitrogens is 1. The molecule has 5 nitrogen and oxygen atoms in total. The van der Waals surface area contributed by atoms with Crippen molar-refractivity contribution in [2.45, 2.75) is 13.3 Å². The molecule has 0 fully saturated rings. The van der Waals surface area contributed by atoms with Crippen molar-refractivity contribution in [1.82, 2.24) is 4.98 Å². The number of anilines is 1. The van der Waals surface area contributed by atoms with Crippen molar-refractivity contribution in [3.05, 3.63) is 18.3 Å². The minimum atomic E-state index is -3.28. The van der Waals surface area contributed by atoms with Gasteiger partial charge < -0.3 is 4.74 Å². The van der Waals surface area contributed by atoms with E-state index in [9.17, 15) is 8.42 Å². The molecule has 6 heteroatoms.